The van der Waals surface area contributed by atoms with E-state index in [2.05, 4.69) is 17.2 Å². The number of nitrogens with zero attached hydrogens (tertiary/aromatic N) is 3. The highest BCUT2D eigenvalue weighted by molar-refractivity contribution is 6.15. The topological polar surface area (TPSA) is 94.7 Å². The van der Waals surface area contributed by atoms with Gasteiger partial charge in [0.05, 0.1) is 19.2 Å². The number of phenols is 1. The first-order valence-electron chi connectivity index (χ1n) is 9.17. The number of benzene rings is 2. The van der Waals surface area contributed by atoms with Gasteiger partial charge in [0.15, 0.2) is 17.4 Å². The Hall–Kier alpha value is -3.35. The zero-order valence-corrected chi connectivity index (χ0v) is 15.2. The second-order valence-corrected chi connectivity index (χ2v) is 7.30. The summed E-state index contributed by atoms with van der Waals surface area (Å²) >= 11 is 0. The highest BCUT2D eigenvalue weighted by Gasteiger charge is 2.50. The van der Waals surface area contributed by atoms with Gasteiger partial charge >= 0.3 is 5.97 Å². The molecule has 4 atom stereocenters. The van der Waals surface area contributed by atoms with Crippen LogP contribution in [0.15, 0.2) is 52.6 Å². The van der Waals surface area contributed by atoms with Crippen molar-refractivity contribution < 1.29 is 19.7 Å². The first kappa shape index (κ1) is 16.8. The third kappa shape index (κ3) is 2.32. The first-order chi connectivity index (χ1) is 13.6. The number of rotatable bonds is 3. The van der Waals surface area contributed by atoms with E-state index in [1.165, 1.54) is 24.5 Å². The van der Waals surface area contributed by atoms with E-state index >= 15 is 0 Å². The molecule has 4 unspecified atom stereocenters. The maximum atomic E-state index is 11.7. The SMILES string of the molecule is COc1cc(C2N=C3C(C(=O)O)C=NN3C3c4ccccc4CC23)ccc1O. The molecule has 7 nitrogen and oxygen atoms in total. The lowest BCUT2D eigenvalue weighted by molar-refractivity contribution is -0.137. The normalized spacial score (nSPS) is 27.0. The van der Waals surface area contributed by atoms with Crippen LogP contribution in [-0.2, 0) is 11.2 Å². The lowest BCUT2D eigenvalue weighted by Crippen LogP contribution is -2.41. The Bertz CT molecular complexity index is 1030. The lowest BCUT2D eigenvalue weighted by atomic mass is 9.85. The summed E-state index contributed by atoms with van der Waals surface area (Å²) in [6.07, 6.45) is 2.29. The number of hydrogen-bond donors (Lipinski definition) is 2. The van der Waals surface area contributed by atoms with Crippen molar-refractivity contribution in [2.24, 2.45) is 21.9 Å². The fraction of sp³-hybridized carbons (Fsp3) is 0.286. The number of amidine groups is 1. The number of hydrogen-bond acceptors (Lipinski definition) is 6. The van der Waals surface area contributed by atoms with Crippen LogP contribution in [-0.4, -0.2) is 40.4 Å². The van der Waals surface area contributed by atoms with Crippen molar-refractivity contribution >= 4 is 18.0 Å². The van der Waals surface area contributed by atoms with Gasteiger partial charge in [0.25, 0.3) is 0 Å². The largest absolute Gasteiger partial charge is 0.504 e. The van der Waals surface area contributed by atoms with E-state index in [-0.39, 0.29) is 23.8 Å². The summed E-state index contributed by atoms with van der Waals surface area (Å²) in [5, 5.41) is 25.8. The number of carboxylic acid groups (broad SMARTS) is 1. The predicted octanol–water partition coefficient (Wildman–Crippen LogP) is 2.77. The number of ether oxygens (including phenoxy) is 1. The summed E-state index contributed by atoms with van der Waals surface area (Å²) in [7, 11) is 1.51. The Morgan fingerprint density at radius 2 is 2.07 bits per heavy atom. The molecule has 3 aliphatic rings. The number of hydrazone groups is 1. The molecule has 0 radical (unpaired) electrons. The Balaban J connectivity index is 1.66. The van der Waals surface area contributed by atoms with Crippen molar-refractivity contribution in [2.75, 3.05) is 7.11 Å². The van der Waals surface area contributed by atoms with Crippen LogP contribution in [0, 0.1) is 11.8 Å². The molecule has 142 valence electrons. The molecule has 5 rings (SSSR count). The third-order valence-corrected chi connectivity index (χ3v) is 5.84. The van der Waals surface area contributed by atoms with Crippen molar-refractivity contribution in [1.29, 1.82) is 0 Å². The molecule has 0 saturated heterocycles. The molecule has 2 N–H and O–H groups in total. The maximum Gasteiger partial charge on any atom is 0.319 e. The average Bonchev–Trinajstić information content (AvgIpc) is 3.29. The number of aromatic hydroxyl groups is 1. The maximum absolute atomic E-state index is 11.7. The van der Waals surface area contributed by atoms with Crippen LogP contribution in [0.1, 0.15) is 28.8 Å². The number of methoxy groups -OCH3 is 1. The zero-order valence-electron chi connectivity index (χ0n) is 15.2. The average molecular weight is 377 g/mol. The molecule has 0 fully saturated rings. The lowest BCUT2D eigenvalue weighted by Gasteiger charge is -2.38. The molecule has 28 heavy (non-hydrogen) atoms. The summed E-state index contributed by atoms with van der Waals surface area (Å²) in [5.41, 5.74) is 3.29. The van der Waals surface area contributed by atoms with Crippen LogP contribution >= 0.6 is 0 Å². The van der Waals surface area contributed by atoms with Gasteiger partial charge in [-0.15, -0.1) is 0 Å². The highest BCUT2D eigenvalue weighted by Crippen LogP contribution is 2.52. The number of carbonyl (C=O) groups is 1. The molecule has 0 saturated carbocycles. The number of aliphatic imine (C=N–C) groups is 1. The van der Waals surface area contributed by atoms with Gasteiger partial charge < -0.3 is 14.9 Å². The molecule has 2 aliphatic heterocycles. The van der Waals surface area contributed by atoms with Crippen molar-refractivity contribution in [1.82, 2.24) is 5.01 Å². The molecule has 2 heterocycles. The Kier molecular flexibility index (Phi) is 3.65. The van der Waals surface area contributed by atoms with Gasteiger partial charge in [-0.05, 0) is 35.2 Å². The fourth-order valence-corrected chi connectivity index (χ4v) is 4.58. The molecule has 0 amide bonds. The summed E-state index contributed by atoms with van der Waals surface area (Å²) in [6, 6.07) is 13.1. The van der Waals surface area contributed by atoms with Gasteiger partial charge in [-0.1, -0.05) is 30.3 Å². The van der Waals surface area contributed by atoms with Crippen LogP contribution < -0.4 is 4.74 Å². The van der Waals surface area contributed by atoms with E-state index in [1.807, 2.05) is 18.2 Å². The van der Waals surface area contributed by atoms with Crippen molar-refractivity contribution in [3.63, 3.8) is 0 Å². The van der Waals surface area contributed by atoms with Gasteiger partial charge in [0, 0.05) is 12.1 Å². The van der Waals surface area contributed by atoms with Crippen LogP contribution in [0.2, 0.25) is 0 Å². The van der Waals surface area contributed by atoms with Crippen molar-refractivity contribution in [3.8, 4) is 11.5 Å². The van der Waals surface area contributed by atoms with E-state index in [9.17, 15) is 15.0 Å². The smallest absolute Gasteiger partial charge is 0.319 e. The molecule has 0 aromatic heterocycles. The van der Waals surface area contributed by atoms with Gasteiger partial charge in [-0.25, -0.2) is 5.01 Å². The van der Waals surface area contributed by atoms with Crippen LogP contribution in [0.3, 0.4) is 0 Å². The van der Waals surface area contributed by atoms with E-state index in [1.54, 1.807) is 17.1 Å². The second-order valence-electron chi connectivity index (χ2n) is 7.30. The minimum absolute atomic E-state index is 0.0610. The Labute approximate surface area is 161 Å². The second kappa shape index (κ2) is 6.09. The molecule has 0 spiro atoms. The minimum Gasteiger partial charge on any atom is -0.504 e. The number of aliphatic carboxylic acids is 1. The summed E-state index contributed by atoms with van der Waals surface area (Å²) in [6.45, 7) is 0. The van der Waals surface area contributed by atoms with Gasteiger partial charge in [0.2, 0.25) is 0 Å². The van der Waals surface area contributed by atoms with E-state index < -0.39 is 11.9 Å². The highest BCUT2D eigenvalue weighted by atomic mass is 16.5. The van der Waals surface area contributed by atoms with E-state index in [4.69, 9.17) is 9.73 Å². The molecular formula is C21H19N3O4. The Morgan fingerprint density at radius 3 is 2.86 bits per heavy atom. The first-order valence-corrected chi connectivity index (χ1v) is 9.17. The quantitative estimate of drug-likeness (QED) is 0.858. The van der Waals surface area contributed by atoms with Gasteiger partial charge in [-0.3, -0.25) is 9.79 Å². The van der Waals surface area contributed by atoms with E-state index in [0.717, 1.165) is 12.0 Å². The summed E-state index contributed by atoms with van der Waals surface area (Å²) in [5.74, 6) is -0.797. The summed E-state index contributed by atoms with van der Waals surface area (Å²) in [4.78, 5) is 16.6. The molecule has 2 aromatic rings. The fourth-order valence-electron chi connectivity index (χ4n) is 4.58. The van der Waals surface area contributed by atoms with Crippen LogP contribution in [0.25, 0.3) is 0 Å². The summed E-state index contributed by atoms with van der Waals surface area (Å²) < 4.78 is 5.27. The zero-order chi connectivity index (χ0) is 19.4. The number of phenolic OH excluding ortho intramolecular Hbond substituents is 1. The monoisotopic (exact) mass is 377 g/mol. The number of fused-ring (bicyclic) bond motifs is 5. The van der Waals surface area contributed by atoms with Gasteiger partial charge in [0.1, 0.15) is 5.84 Å². The van der Waals surface area contributed by atoms with Crippen LogP contribution in [0.5, 0.6) is 11.5 Å². The van der Waals surface area contributed by atoms with Crippen LogP contribution in [0.4, 0.5) is 0 Å². The van der Waals surface area contributed by atoms with E-state index in [0.29, 0.717) is 11.6 Å². The predicted molar refractivity (Wildman–Crippen MR) is 103 cm³/mol. The Morgan fingerprint density at radius 1 is 1.25 bits per heavy atom. The molecule has 2 aromatic carbocycles. The van der Waals surface area contributed by atoms with Crippen molar-refractivity contribution in [3.05, 3.63) is 59.2 Å². The van der Waals surface area contributed by atoms with Gasteiger partial charge in [-0.2, -0.15) is 5.10 Å². The third-order valence-electron chi connectivity index (χ3n) is 5.84. The number of carboxylic acids is 1. The molecule has 0 bridgehead atoms. The molecule has 7 heteroatoms. The van der Waals surface area contributed by atoms with Crippen molar-refractivity contribution in [2.45, 2.75) is 18.5 Å². The minimum atomic E-state index is -0.961. The standard InChI is InChI=1S/C21H19N3O4/c1-28-17-9-12(6-7-16(17)25)18-14-8-11-4-2-3-5-13(11)19(14)24-20(23-18)15(10-22-24)21(26)27/h2-7,9-10,14-15,18-19,25H,8H2,1H3,(H,26,27). The molecule has 1 aliphatic carbocycles. The molecular weight excluding hydrogens is 358 g/mol.